The Morgan fingerprint density at radius 2 is 1.82 bits per heavy atom. The molecule has 0 spiro atoms. The van der Waals surface area contributed by atoms with E-state index in [1.807, 2.05) is 54.9 Å². The minimum absolute atomic E-state index is 0.0781. The highest BCUT2D eigenvalue weighted by Crippen LogP contribution is 2.18. The summed E-state index contributed by atoms with van der Waals surface area (Å²) in [5.74, 6) is 1.69. The second kappa shape index (κ2) is 9.41. The van der Waals surface area contributed by atoms with Crippen molar-refractivity contribution in [2.24, 2.45) is 7.05 Å². The molecule has 1 aromatic heterocycles. The maximum Gasteiger partial charge on any atom is 0.234 e. The van der Waals surface area contributed by atoms with Crippen LogP contribution in [0.2, 0.25) is 0 Å². The molecule has 0 bridgehead atoms. The number of benzene rings is 2. The molecule has 6 nitrogen and oxygen atoms in total. The molecule has 0 unspecified atom stereocenters. The van der Waals surface area contributed by atoms with Gasteiger partial charge in [-0.25, -0.2) is 0 Å². The number of aromatic nitrogens is 3. The van der Waals surface area contributed by atoms with Gasteiger partial charge in [-0.1, -0.05) is 48.5 Å². The van der Waals surface area contributed by atoms with Crippen LogP contribution in [0, 0.1) is 6.92 Å². The molecule has 0 aliphatic heterocycles. The SMILES string of the molecule is CCc1ccc(OCc2nnc(SCC(=O)Nc3ccc(C)cc3)n2C)cc1. The van der Waals surface area contributed by atoms with Crippen molar-refractivity contribution in [3.8, 4) is 5.75 Å². The Morgan fingerprint density at radius 1 is 1.11 bits per heavy atom. The van der Waals surface area contributed by atoms with Gasteiger partial charge in [-0.2, -0.15) is 0 Å². The molecule has 3 rings (SSSR count). The predicted molar refractivity (Wildman–Crippen MR) is 112 cm³/mol. The van der Waals surface area contributed by atoms with Crippen LogP contribution in [-0.4, -0.2) is 26.4 Å². The first kappa shape index (κ1) is 19.9. The molecule has 0 aliphatic carbocycles. The van der Waals surface area contributed by atoms with Crippen molar-refractivity contribution in [2.45, 2.75) is 32.0 Å². The summed E-state index contributed by atoms with van der Waals surface area (Å²) in [6.45, 7) is 4.46. The first-order chi connectivity index (χ1) is 13.5. The molecule has 146 valence electrons. The topological polar surface area (TPSA) is 69.0 Å². The molecule has 1 heterocycles. The van der Waals surface area contributed by atoms with E-state index in [9.17, 15) is 4.79 Å². The van der Waals surface area contributed by atoms with E-state index >= 15 is 0 Å². The van der Waals surface area contributed by atoms with E-state index in [0.29, 0.717) is 17.6 Å². The summed E-state index contributed by atoms with van der Waals surface area (Å²) in [6, 6.07) is 15.7. The van der Waals surface area contributed by atoms with Crippen LogP contribution in [0.3, 0.4) is 0 Å². The highest BCUT2D eigenvalue weighted by Gasteiger charge is 2.12. The molecular weight excluding hydrogens is 372 g/mol. The van der Waals surface area contributed by atoms with E-state index in [1.54, 1.807) is 0 Å². The molecule has 0 saturated carbocycles. The fourth-order valence-corrected chi connectivity index (χ4v) is 3.26. The average Bonchev–Trinajstić information content (AvgIpc) is 3.06. The quantitative estimate of drug-likeness (QED) is 0.583. The van der Waals surface area contributed by atoms with Crippen molar-refractivity contribution in [1.29, 1.82) is 0 Å². The molecule has 1 amide bonds. The second-order valence-corrected chi connectivity index (χ2v) is 7.39. The van der Waals surface area contributed by atoms with Crippen molar-refractivity contribution < 1.29 is 9.53 Å². The molecule has 7 heteroatoms. The number of nitrogens with zero attached hydrogens (tertiary/aromatic N) is 3. The smallest absolute Gasteiger partial charge is 0.234 e. The van der Waals surface area contributed by atoms with Gasteiger partial charge in [-0.15, -0.1) is 10.2 Å². The summed E-state index contributed by atoms with van der Waals surface area (Å²) in [4.78, 5) is 12.1. The van der Waals surface area contributed by atoms with Gasteiger partial charge in [-0.3, -0.25) is 4.79 Å². The Morgan fingerprint density at radius 3 is 2.50 bits per heavy atom. The summed E-state index contributed by atoms with van der Waals surface area (Å²) in [6.07, 6.45) is 1.00. The third-order valence-electron chi connectivity index (χ3n) is 4.29. The molecule has 2 aromatic carbocycles. The number of hydrogen-bond acceptors (Lipinski definition) is 5. The van der Waals surface area contributed by atoms with Crippen LogP contribution in [0.4, 0.5) is 5.69 Å². The van der Waals surface area contributed by atoms with Crippen LogP contribution in [-0.2, 0) is 24.9 Å². The largest absolute Gasteiger partial charge is 0.486 e. The van der Waals surface area contributed by atoms with Gasteiger partial charge in [-0.05, 0) is 43.2 Å². The van der Waals surface area contributed by atoms with E-state index in [0.717, 1.165) is 23.4 Å². The van der Waals surface area contributed by atoms with E-state index in [4.69, 9.17) is 4.74 Å². The summed E-state index contributed by atoms with van der Waals surface area (Å²) in [5, 5.41) is 11.9. The van der Waals surface area contributed by atoms with Crippen molar-refractivity contribution in [3.63, 3.8) is 0 Å². The van der Waals surface area contributed by atoms with Crippen LogP contribution in [0.15, 0.2) is 53.7 Å². The minimum Gasteiger partial charge on any atom is -0.486 e. The normalized spacial score (nSPS) is 10.7. The van der Waals surface area contributed by atoms with Gasteiger partial charge in [0.2, 0.25) is 5.91 Å². The summed E-state index contributed by atoms with van der Waals surface area (Å²) < 4.78 is 7.64. The van der Waals surface area contributed by atoms with Crippen molar-refractivity contribution in [3.05, 3.63) is 65.5 Å². The number of hydrogen-bond donors (Lipinski definition) is 1. The highest BCUT2D eigenvalue weighted by atomic mass is 32.2. The third kappa shape index (κ3) is 5.36. The fourth-order valence-electron chi connectivity index (χ4n) is 2.53. The maximum absolute atomic E-state index is 12.1. The zero-order valence-corrected chi connectivity index (χ0v) is 17.1. The molecule has 1 N–H and O–H groups in total. The van der Waals surface area contributed by atoms with Gasteiger partial charge in [0.25, 0.3) is 0 Å². The Labute approximate surface area is 169 Å². The number of nitrogens with one attached hydrogen (secondary N) is 1. The van der Waals surface area contributed by atoms with E-state index in [1.165, 1.54) is 17.3 Å². The van der Waals surface area contributed by atoms with E-state index < -0.39 is 0 Å². The van der Waals surface area contributed by atoms with Crippen LogP contribution in [0.5, 0.6) is 5.75 Å². The highest BCUT2D eigenvalue weighted by molar-refractivity contribution is 7.99. The molecule has 3 aromatic rings. The van der Waals surface area contributed by atoms with Gasteiger partial charge < -0.3 is 14.6 Å². The standard InChI is InChI=1S/C21H24N4O2S/c1-4-16-7-11-18(12-8-16)27-13-19-23-24-21(25(19)3)28-14-20(26)22-17-9-5-15(2)6-10-17/h5-12H,4,13-14H2,1-3H3,(H,22,26). The Hall–Kier alpha value is -2.80. The Bertz CT molecular complexity index is 921. The Balaban J connectivity index is 1.50. The lowest BCUT2D eigenvalue weighted by atomic mass is 10.2. The van der Waals surface area contributed by atoms with Gasteiger partial charge in [0, 0.05) is 12.7 Å². The van der Waals surface area contributed by atoms with Gasteiger partial charge >= 0.3 is 0 Å². The van der Waals surface area contributed by atoms with Crippen LogP contribution in [0.25, 0.3) is 0 Å². The molecular formula is C21H24N4O2S. The summed E-state index contributed by atoms with van der Waals surface area (Å²) in [7, 11) is 1.87. The lowest BCUT2D eigenvalue weighted by Gasteiger charge is -2.07. The number of amides is 1. The van der Waals surface area contributed by atoms with E-state index in [2.05, 4.69) is 34.6 Å². The first-order valence-corrected chi connectivity index (χ1v) is 10.1. The number of ether oxygens (including phenoxy) is 1. The zero-order chi connectivity index (χ0) is 19.9. The number of carbonyl (C=O) groups is 1. The molecule has 0 saturated heterocycles. The van der Waals surface area contributed by atoms with Crippen LogP contribution in [0.1, 0.15) is 23.9 Å². The van der Waals surface area contributed by atoms with Gasteiger partial charge in [0.1, 0.15) is 12.4 Å². The van der Waals surface area contributed by atoms with Gasteiger partial charge in [0.15, 0.2) is 11.0 Å². The molecule has 0 atom stereocenters. The maximum atomic E-state index is 12.1. The fraction of sp³-hybridized carbons (Fsp3) is 0.286. The van der Waals surface area contributed by atoms with Crippen molar-refractivity contribution >= 4 is 23.4 Å². The average molecular weight is 397 g/mol. The monoisotopic (exact) mass is 396 g/mol. The molecule has 28 heavy (non-hydrogen) atoms. The van der Waals surface area contributed by atoms with Crippen LogP contribution < -0.4 is 10.1 Å². The number of rotatable bonds is 8. The van der Waals surface area contributed by atoms with Crippen molar-refractivity contribution in [1.82, 2.24) is 14.8 Å². The number of thioether (sulfide) groups is 1. The number of anilines is 1. The molecule has 0 aliphatic rings. The lowest BCUT2D eigenvalue weighted by molar-refractivity contribution is -0.113. The zero-order valence-electron chi connectivity index (χ0n) is 16.3. The molecule has 0 fully saturated rings. The van der Waals surface area contributed by atoms with Crippen molar-refractivity contribution in [2.75, 3.05) is 11.1 Å². The minimum atomic E-state index is -0.0781. The Kier molecular flexibility index (Phi) is 6.71. The summed E-state index contributed by atoms with van der Waals surface area (Å²) in [5.41, 5.74) is 3.22. The van der Waals surface area contributed by atoms with Gasteiger partial charge in [0.05, 0.1) is 5.75 Å². The summed E-state index contributed by atoms with van der Waals surface area (Å²) >= 11 is 1.35. The molecule has 0 radical (unpaired) electrons. The van der Waals surface area contributed by atoms with Crippen LogP contribution >= 0.6 is 11.8 Å². The van der Waals surface area contributed by atoms with E-state index in [-0.39, 0.29) is 11.7 Å². The predicted octanol–water partition coefficient (Wildman–Crippen LogP) is 4.00. The first-order valence-electron chi connectivity index (χ1n) is 9.14. The number of carbonyl (C=O) groups excluding carboxylic acids is 1. The lowest BCUT2D eigenvalue weighted by Crippen LogP contribution is -2.14. The second-order valence-electron chi connectivity index (χ2n) is 6.45. The third-order valence-corrected chi connectivity index (χ3v) is 5.31. The number of aryl methyl sites for hydroxylation is 2.